The normalized spacial score (nSPS) is 14.0. The number of thioether (sulfide) groups is 1. The molecule has 21 heavy (non-hydrogen) atoms. The van der Waals surface area contributed by atoms with Gasteiger partial charge in [-0.3, -0.25) is 0 Å². The van der Waals surface area contributed by atoms with Crippen molar-refractivity contribution in [3.05, 3.63) is 66.7 Å². The van der Waals surface area contributed by atoms with E-state index in [0.29, 0.717) is 16.2 Å². The fourth-order valence-corrected chi connectivity index (χ4v) is 3.17. The first-order valence-electron chi connectivity index (χ1n) is 8.21. The largest absolute Gasteiger partial charge is 0.455 e. The Kier molecular flexibility index (Phi) is 2.30. The Bertz CT molecular complexity index is 1030. The highest BCUT2D eigenvalue weighted by molar-refractivity contribution is 7.99. The summed E-state index contributed by atoms with van der Waals surface area (Å²) in [7, 11) is 0. The van der Waals surface area contributed by atoms with Crippen LogP contribution in [0.5, 0.6) is 0 Å². The highest BCUT2D eigenvalue weighted by Crippen LogP contribution is 2.39. The molecule has 0 spiro atoms. The fourth-order valence-electron chi connectivity index (χ4n) is 2.64. The van der Waals surface area contributed by atoms with Crippen molar-refractivity contribution >= 4 is 33.5 Å². The van der Waals surface area contributed by atoms with Gasteiger partial charge in [0.15, 0.2) is 0 Å². The summed E-state index contributed by atoms with van der Waals surface area (Å²) >= 11 is 0.870. The summed E-state index contributed by atoms with van der Waals surface area (Å²) < 4.78 is 28.9. The van der Waals surface area contributed by atoms with Crippen molar-refractivity contribution in [3.8, 4) is 11.3 Å². The molecule has 3 aromatic carbocycles. The van der Waals surface area contributed by atoms with Crippen molar-refractivity contribution in [3.63, 3.8) is 0 Å². The predicted octanol–water partition coefficient (Wildman–Crippen LogP) is 5.97. The Balaban J connectivity index is 1.95. The average Bonchev–Trinajstić information content (AvgIpc) is 2.91. The summed E-state index contributed by atoms with van der Waals surface area (Å²) in [5.41, 5.74) is 1.59. The Morgan fingerprint density at radius 2 is 1.71 bits per heavy atom. The molecule has 0 aliphatic rings. The number of hydrogen-bond acceptors (Lipinski definition) is 2. The second kappa shape index (κ2) is 4.97. The van der Waals surface area contributed by atoms with E-state index in [4.69, 9.17) is 8.53 Å². The summed E-state index contributed by atoms with van der Waals surface area (Å²) in [6.45, 7) is 0. The van der Waals surface area contributed by atoms with Crippen LogP contribution < -0.4 is 0 Å². The highest BCUT2D eigenvalue weighted by Gasteiger charge is 2.14. The fraction of sp³-hybridized carbons (Fsp3) is 0.0526. The van der Waals surface area contributed by atoms with Gasteiger partial charge in [0.1, 0.15) is 11.3 Å². The molecule has 0 aliphatic heterocycles. The maximum absolute atomic E-state index is 7.63. The van der Waals surface area contributed by atoms with Gasteiger partial charge >= 0.3 is 0 Å². The summed E-state index contributed by atoms with van der Waals surface area (Å²) in [5, 5.41) is 3.07. The van der Waals surface area contributed by atoms with Crippen LogP contribution >= 0.6 is 11.8 Å². The molecule has 1 heterocycles. The molecule has 0 unspecified atom stereocenters. The first-order valence-corrected chi connectivity index (χ1v) is 7.53. The minimum atomic E-state index is -2.13. The average molecular weight is 293 g/mol. The van der Waals surface area contributed by atoms with Crippen LogP contribution in [0.25, 0.3) is 33.1 Å². The van der Waals surface area contributed by atoms with Gasteiger partial charge in [-0.1, -0.05) is 48.5 Å². The van der Waals surface area contributed by atoms with Gasteiger partial charge in [0.25, 0.3) is 0 Å². The van der Waals surface area contributed by atoms with E-state index in [1.54, 1.807) is 0 Å². The van der Waals surface area contributed by atoms with Crippen LogP contribution in [0.2, 0.25) is 0 Å². The molecule has 1 nitrogen and oxygen atoms in total. The SMILES string of the molecule is [2H]C([2H])([2H])Sc1c(-c2ccc3ccccc3c2)oc2ccccc12. The maximum atomic E-state index is 7.63. The lowest BCUT2D eigenvalue weighted by Gasteiger charge is -2.03. The number of fused-ring (bicyclic) bond motifs is 2. The number of benzene rings is 3. The summed E-state index contributed by atoms with van der Waals surface area (Å²) in [6.07, 6.45) is -2.13. The van der Waals surface area contributed by atoms with Gasteiger partial charge in [-0.25, -0.2) is 0 Å². The minimum absolute atomic E-state index is 0.614. The van der Waals surface area contributed by atoms with Crippen LogP contribution in [0.3, 0.4) is 0 Å². The molecule has 0 amide bonds. The monoisotopic (exact) mass is 293 g/mol. The van der Waals surface area contributed by atoms with Crippen molar-refractivity contribution in [2.45, 2.75) is 4.90 Å². The highest BCUT2D eigenvalue weighted by atomic mass is 32.2. The number of furan rings is 1. The van der Waals surface area contributed by atoms with E-state index in [-0.39, 0.29) is 0 Å². The smallest absolute Gasteiger partial charge is 0.148 e. The number of hydrogen-bond donors (Lipinski definition) is 0. The molecule has 2 heteroatoms. The predicted molar refractivity (Wildman–Crippen MR) is 90.9 cm³/mol. The third-order valence-corrected chi connectivity index (χ3v) is 4.27. The first kappa shape index (κ1) is 9.69. The third-order valence-electron chi connectivity index (χ3n) is 3.66. The van der Waals surface area contributed by atoms with Crippen LogP contribution in [0.1, 0.15) is 4.11 Å². The zero-order valence-electron chi connectivity index (χ0n) is 14.2. The molecular formula is C19H14OS. The molecule has 0 bridgehead atoms. The molecule has 0 saturated carbocycles. The van der Waals surface area contributed by atoms with E-state index < -0.39 is 6.18 Å². The molecule has 4 aromatic rings. The summed E-state index contributed by atoms with van der Waals surface area (Å²) in [5.74, 6) is 0.614. The van der Waals surface area contributed by atoms with Crippen molar-refractivity contribution in [2.24, 2.45) is 0 Å². The van der Waals surface area contributed by atoms with Crippen LogP contribution in [0, 0.1) is 0 Å². The number of para-hydroxylation sites is 1. The lowest BCUT2D eigenvalue weighted by Crippen LogP contribution is -1.78. The molecule has 102 valence electrons. The second-order valence-corrected chi connectivity index (χ2v) is 5.53. The standard InChI is InChI=1S/C19H14OS/c1-21-19-16-8-4-5-9-17(16)20-18(19)15-11-10-13-6-2-3-7-14(13)12-15/h2-12H,1H3/i1D3. The van der Waals surface area contributed by atoms with Crippen LogP contribution in [0.4, 0.5) is 0 Å². The zero-order valence-corrected chi connectivity index (χ0v) is 12.0. The molecule has 0 radical (unpaired) electrons. The zero-order chi connectivity index (χ0) is 16.7. The molecule has 0 aliphatic carbocycles. The van der Waals surface area contributed by atoms with Crippen LogP contribution in [-0.4, -0.2) is 6.18 Å². The molecular weight excluding hydrogens is 276 g/mol. The van der Waals surface area contributed by atoms with Crippen molar-refractivity contribution in [2.75, 3.05) is 6.18 Å². The van der Waals surface area contributed by atoms with E-state index in [1.165, 1.54) is 0 Å². The van der Waals surface area contributed by atoms with Crippen LogP contribution in [-0.2, 0) is 0 Å². The lowest BCUT2D eigenvalue weighted by atomic mass is 10.1. The topological polar surface area (TPSA) is 13.1 Å². The van der Waals surface area contributed by atoms with E-state index in [0.717, 1.165) is 33.5 Å². The molecule has 0 atom stereocenters. The summed E-state index contributed by atoms with van der Waals surface area (Å²) in [4.78, 5) is 0.667. The Morgan fingerprint density at radius 3 is 2.62 bits per heavy atom. The molecule has 1 aromatic heterocycles. The van der Waals surface area contributed by atoms with Crippen molar-refractivity contribution in [1.29, 1.82) is 0 Å². The first-order chi connectivity index (χ1) is 11.5. The van der Waals surface area contributed by atoms with Gasteiger partial charge in [0, 0.05) is 15.1 Å². The third kappa shape index (κ3) is 2.03. The quantitative estimate of drug-likeness (QED) is 0.422. The van der Waals surface area contributed by atoms with E-state index in [9.17, 15) is 0 Å². The Morgan fingerprint density at radius 1 is 0.905 bits per heavy atom. The van der Waals surface area contributed by atoms with Crippen molar-refractivity contribution in [1.82, 2.24) is 0 Å². The van der Waals surface area contributed by atoms with Crippen molar-refractivity contribution < 1.29 is 8.53 Å². The summed E-state index contributed by atoms with van der Waals surface area (Å²) in [6, 6.07) is 21.7. The molecule has 4 rings (SSSR count). The molecule has 0 N–H and O–H groups in total. The Labute approximate surface area is 131 Å². The van der Waals surface area contributed by atoms with Gasteiger partial charge in [-0.2, -0.15) is 0 Å². The van der Waals surface area contributed by atoms with Gasteiger partial charge < -0.3 is 4.42 Å². The van der Waals surface area contributed by atoms with Gasteiger partial charge in [0.2, 0.25) is 0 Å². The minimum Gasteiger partial charge on any atom is -0.455 e. The van der Waals surface area contributed by atoms with E-state index in [2.05, 4.69) is 6.07 Å². The van der Waals surface area contributed by atoms with Gasteiger partial charge in [-0.05, 0) is 35.2 Å². The maximum Gasteiger partial charge on any atom is 0.148 e. The van der Waals surface area contributed by atoms with E-state index >= 15 is 0 Å². The van der Waals surface area contributed by atoms with Gasteiger partial charge in [0.05, 0.1) is 4.90 Å². The Hall–Kier alpha value is -2.19. The van der Waals surface area contributed by atoms with Crippen LogP contribution in [0.15, 0.2) is 76.0 Å². The second-order valence-electron chi connectivity index (χ2n) is 4.92. The van der Waals surface area contributed by atoms with Gasteiger partial charge in [-0.15, -0.1) is 11.8 Å². The lowest BCUT2D eigenvalue weighted by molar-refractivity contribution is 0.625. The molecule has 0 saturated heterocycles. The molecule has 0 fully saturated rings. The number of rotatable bonds is 2. The van der Waals surface area contributed by atoms with E-state index in [1.807, 2.05) is 60.7 Å².